The van der Waals surface area contributed by atoms with Crippen LogP contribution in [-0.4, -0.2) is 23.0 Å². The van der Waals surface area contributed by atoms with Crippen LogP contribution in [0.4, 0.5) is 17.3 Å². The quantitative estimate of drug-likeness (QED) is 0.720. The fraction of sp³-hybridized carbons (Fsp3) is 0.100. The van der Waals surface area contributed by atoms with E-state index in [4.69, 9.17) is 4.74 Å². The van der Waals surface area contributed by atoms with E-state index in [0.29, 0.717) is 28.6 Å². The van der Waals surface area contributed by atoms with Gasteiger partial charge >= 0.3 is 0 Å². The monoisotopic (exact) mass is 359 g/mol. The molecule has 0 aliphatic carbocycles. The molecule has 0 bridgehead atoms. The van der Waals surface area contributed by atoms with Crippen molar-refractivity contribution < 1.29 is 9.53 Å². The molecule has 7 nitrogen and oxygen atoms in total. The third-order valence-electron chi connectivity index (χ3n) is 3.73. The van der Waals surface area contributed by atoms with Crippen LogP contribution in [0.1, 0.15) is 12.5 Å². The van der Waals surface area contributed by atoms with Crippen molar-refractivity contribution in [1.82, 2.24) is 9.97 Å². The largest absolute Gasteiger partial charge is 0.495 e. The molecule has 1 heterocycles. The number of nitrogens with one attached hydrogen (secondary N) is 2. The van der Waals surface area contributed by atoms with Gasteiger partial charge in [0.2, 0.25) is 11.9 Å². The highest BCUT2D eigenvalue weighted by Crippen LogP contribution is 2.26. The van der Waals surface area contributed by atoms with Crippen molar-refractivity contribution in [3.8, 4) is 23.1 Å². The summed E-state index contributed by atoms with van der Waals surface area (Å²) < 4.78 is 5.17. The van der Waals surface area contributed by atoms with Gasteiger partial charge in [-0.1, -0.05) is 0 Å². The first-order valence-corrected chi connectivity index (χ1v) is 8.15. The molecule has 0 atom stereocenters. The van der Waals surface area contributed by atoms with Crippen LogP contribution < -0.4 is 15.4 Å². The predicted molar refractivity (Wildman–Crippen MR) is 103 cm³/mol. The molecule has 7 heteroatoms. The van der Waals surface area contributed by atoms with E-state index in [0.717, 1.165) is 11.3 Å². The second kappa shape index (κ2) is 7.97. The van der Waals surface area contributed by atoms with Crippen LogP contribution in [0.3, 0.4) is 0 Å². The van der Waals surface area contributed by atoms with Crippen LogP contribution in [0.5, 0.6) is 5.75 Å². The van der Waals surface area contributed by atoms with E-state index in [9.17, 15) is 10.1 Å². The molecule has 2 N–H and O–H groups in total. The number of nitriles is 1. The van der Waals surface area contributed by atoms with Gasteiger partial charge in [-0.15, -0.1) is 0 Å². The van der Waals surface area contributed by atoms with Crippen LogP contribution in [0.2, 0.25) is 0 Å². The van der Waals surface area contributed by atoms with E-state index < -0.39 is 0 Å². The molecule has 0 aliphatic rings. The van der Waals surface area contributed by atoms with Crippen LogP contribution in [0.15, 0.2) is 54.7 Å². The Balaban J connectivity index is 1.82. The highest BCUT2D eigenvalue weighted by Gasteiger charge is 2.08. The number of hydrogen-bond acceptors (Lipinski definition) is 6. The zero-order valence-corrected chi connectivity index (χ0v) is 14.9. The lowest BCUT2D eigenvalue weighted by molar-refractivity contribution is -0.114. The van der Waals surface area contributed by atoms with Gasteiger partial charge in [-0.05, 0) is 48.5 Å². The lowest BCUT2D eigenvalue weighted by Crippen LogP contribution is -2.05. The first kappa shape index (κ1) is 17.9. The van der Waals surface area contributed by atoms with E-state index in [1.54, 1.807) is 36.5 Å². The molecule has 27 heavy (non-hydrogen) atoms. The SMILES string of the molecule is COc1ccc(-c2ccnc(Nc3ccc(NC(C)=O)cc3)n2)cc1C#N. The molecule has 0 saturated heterocycles. The van der Waals surface area contributed by atoms with Crippen molar-refractivity contribution in [3.63, 3.8) is 0 Å². The number of aromatic nitrogens is 2. The summed E-state index contributed by atoms with van der Waals surface area (Å²) in [6, 6.07) is 16.4. The molecule has 1 aromatic heterocycles. The Morgan fingerprint density at radius 3 is 2.52 bits per heavy atom. The molecular formula is C20H17N5O2. The molecule has 3 aromatic rings. The van der Waals surface area contributed by atoms with E-state index in [1.165, 1.54) is 14.0 Å². The number of anilines is 3. The van der Waals surface area contributed by atoms with Gasteiger partial charge in [0.15, 0.2) is 0 Å². The standard InChI is InChI=1S/C20H17N5O2/c1-13(26)23-16-4-6-17(7-5-16)24-20-22-10-9-18(25-20)14-3-8-19(27-2)15(11-14)12-21/h3-11H,1-2H3,(H,23,26)(H,22,24,25). The van der Waals surface area contributed by atoms with E-state index in [2.05, 4.69) is 26.7 Å². The number of hydrogen-bond donors (Lipinski definition) is 2. The van der Waals surface area contributed by atoms with Gasteiger partial charge in [0.25, 0.3) is 0 Å². The maximum Gasteiger partial charge on any atom is 0.227 e. The smallest absolute Gasteiger partial charge is 0.227 e. The number of rotatable bonds is 5. The van der Waals surface area contributed by atoms with Crippen LogP contribution in [0, 0.1) is 11.3 Å². The molecule has 0 aliphatic heterocycles. The third-order valence-corrected chi connectivity index (χ3v) is 3.73. The first-order chi connectivity index (χ1) is 13.1. The van der Waals surface area contributed by atoms with Gasteiger partial charge in [-0.25, -0.2) is 9.97 Å². The maximum absolute atomic E-state index is 11.1. The van der Waals surface area contributed by atoms with Crippen LogP contribution in [0.25, 0.3) is 11.3 Å². The number of ether oxygens (including phenoxy) is 1. The van der Waals surface area contributed by atoms with Gasteiger partial charge < -0.3 is 15.4 Å². The maximum atomic E-state index is 11.1. The molecule has 2 aromatic carbocycles. The molecule has 134 valence electrons. The Bertz CT molecular complexity index is 1010. The average Bonchev–Trinajstić information content (AvgIpc) is 2.69. The lowest BCUT2D eigenvalue weighted by Gasteiger charge is -2.09. The summed E-state index contributed by atoms with van der Waals surface area (Å²) in [4.78, 5) is 19.8. The van der Waals surface area contributed by atoms with E-state index >= 15 is 0 Å². The van der Waals surface area contributed by atoms with Crippen molar-refractivity contribution in [1.29, 1.82) is 5.26 Å². The van der Waals surface area contributed by atoms with E-state index in [-0.39, 0.29) is 5.91 Å². The van der Waals surface area contributed by atoms with Crippen molar-refractivity contribution in [2.45, 2.75) is 6.92 Å². The molecule has 0 radical (unpaired) electrons. The van der Waals surface area contributed by atoms with Crippen molar-refractivity contribution in [2.75, 3.05) is 17.7 Å². The normalized spacial score (nSPS) is 9.96. The summed E-state index contributed by atoms with van der Waals surface area (Å²) in [5.74, 6) is 0.824. The summed E-state index contributed by atoms with van der Waals surface area (Å²) in [6.07, 6.45) is 1.65. The number of carbonyl (C=O) groups excluding carboxylic acids is 1. The molecule has 0 unspecified atom stereocenters. The second-order valence-corrected chi connectivity index (χ2v) is 5.68. The van der Waals surface area contributed by atoms with Gasteiger partial charge in [-0.2, -0.15) is 5.26 Å². The summed E-state index contributed by atoms with van der Waals surface area (Å²) in [5, 5.41) is 15.1. The molecule has 0 saturated carbocycles. The Kier molecular flexibility index (Phi) is 5.28. The number of methoxy groups -OCH3 is 1. The minimum absolute atomic E-state index is 0.122. The zero-order valence-electron chi connectivity index (χ0n) is 14.9. The molecule has 0 fully saturated rings. The van der Waals surface area contributed by atoms with Crippen molar-refractivity contribution >= 4 is 23.2 Å². The third kappa shape index (κ3) is 4.38. The highest BCUT2D eigenvalue weighted by molar-refractivity contribution is 5.88. The summed E-state index contributed by atoms with van der Waals surface area (Å²) in [6.45, 7) is 1.46. The molecule has 0 spiro atoms. The van der Waals surface area contributed by atoms with Crippen molar-refractivity contribution in [3.05, 3.63) is 60.3 Å². The fourth-order valence-electron chi connectivity index (χ4n) is 2.50. The van der Waals surface area contributed by atoms with Gasteiger partial charge in [0, 0.05) is 30.1 Å². The van der Waals surface area contributed by atoms with Gasteiger partial charge in [0.05, 0.1) is 18.4 Å². The molecule has 3 rings (SSSR count). The summed E-state index contributed by atoms with van der Waals surface area (Å²) in [7, 11) is 1.53. The minimum atomic E-state index is -0.122. The van der Waals surface area contributed by atoms with Crippen LogP contribution >= 0.6 is 0 Å². The van der Waals surface area contributed by atoms with E-state index in [1.807, 2.05) is 18.2 Å². The number of benzene rings is 2. The first-order valence-electron chi connectivity index (χ1n) is 8.15. The average molecular weight is 359 g/mol. The van der Waals surface area contributed by atoms with Gasteiger partial charge in [-0.3, -0.25) is 4.79 Å². The lowest BCUT2D eigenvalue weighted by atomic mass is 10.1. The van der Waals surface area contributed by atoms with Crippen LogP contribution in [-0.2, 0) is 4.79 Å². The number of amides is 1. The fourth-order valence-corrected chi connectivity index (χ4v) is 2.50. The second-order valence-electron chi connectivity index (χ2n) is 5.68. The Morgan fingerprint density at radius 1 is 1.11 bits per heavy atom. The molecular weight excluding hydrogens is 342 g/mol. The topological polar surface area (TPSA) is 99.9 Å². The predicted octanol–water partition coefficient (Wildman–Crippen LogP) is 3.73. The Hall–Kier alpha value is -3.92. The zero-order chi connectivity index (χ0) is 19.2. The summed E-state index contributed by atoms with van der Waals surface area (Å²) >= 11 is 0. The Labute approximate surface area is 156 Å². The minimum Gasteiger partial charge on any atom is -0.495 e. The molecule has 1 amide bonds. The van der Waals surface area contributed by atoms with Gasteiger partial charge in [0.1, 0.15) is 11.8 Å². The Morgan fingerprint density at radius 2 is 1.85 bits per heavy atom. The number of carbonyl (C=O) groups is 1. The summed E-state index contributed by atoms with van der Waals surface area (Å²) in [5.41, 5.74) is 3.41. The highest BCUT2D eigenvalue weighted by atomic mass is 16.5. The van der Waals surface area contributed by atoms with Crippen molar-refractivity contribution in [2.24, 2.45) is 0 Å². The number of nitrogens with zero attached hydrogens (tertiary/aromatic N) is 3.